The van der Waals surface area contributed by atoms with Gasteiger partial charge in [0.1, 0.15) is 6.04 Å². The van der Waals surface area contributed by atoms with Crippen molar-refractivity contribution >= 4 is 11.5 Å². The van der Waals surface area contributed by atoms with Crippen molar-refractivity contribution in [2.24, 2.45) is 0 Å². The molecule has 5 nitrogen and oxygen atoms in total. The van der Waals surface area contributed by atoms with Crippen molar-refractivity contribution in [3.05, 3.63) is 30.1 Å². The lowest BCUT2D eigenvalue weighted by Gasteiger charge is -2.23. The molecular weight excluding hydrogens is 276 g/mol. The molecule has 0 bridgehead atoms. The molecule has 3 heterocycles. The number of anilines is 1. The summed E-state index contributed by atoms with van der Waals surface area (Å²) in [7, 11) is 0. The highest BCUT2D eigenvalue weighted by Gasteiger charge is 2.26. The van der Waals surface area contributed by atoms with Gasteiger partial charge in [-0.05, 0) is 43.9 Å². The standard InChI is InChI=1S/C17H20N4O/c22-17-6-2-1-5-16(17)21-15(9-11-19-21)14-8-7-12-13(20-14)4-3-10-18-12/h7-9,11,16,18H,1-6,10H2. The van der Waals surface area contributed by atoms with Gasteiger partial charge in [0.2, 0.25) is 0 Å². The van der Waals surface area contributed by atoms with Gasteiger partial charge in [0.05, 0.1) is 22.8 Å². The van der Waals surface area contributed by atoms with Crippen LogP contribution >= 0.6 is 0 Å². The fourth-order valence-electron chi connectivity index (χ4n) is 3.46. The molecule has 2 aliphatic rings. The summed E-state index contributed by atoms with van der Waals surface area (Å²) >= 11 is 0. The quantitative estimate of drug-likeness (QED) is 0.925. The number of carbonyl (C=O) groups is 1. The zero-order chi connectivity index (χ0) is 14.9. The third-order valence-corrected chi connectivity index (χ3v) is 4.63. The summed E-state index contributed by atoms with van der Waals surface area (Å²) in [6.45, 7) is 1.02. The van der Waals surface area contributed by atoms with Crippen LogP contribution in [0.5, 0.6) is 0 Å². The van der Waals surface area contributed by atoms with Crippen LogP contribution in [-0.2, 0) is 11.2 Å². The van der Waals surface area contributed by atoms with Crippen LogP contribution in [0.2, 0.25) is 0 Å². The fraction of sp³-hybridized carbons (Fsp3) is 0.471. The zero-order valence-corrected chi connectivity index (χ0v) is 12.6. The van der Waals surface area contributed by atoms with E-state index in [4.69, 9.17) is 4.98 Å². The summed E-state index contributed by atoms with van der Waals surface area (Å²) in [5.41, 5.74) is 4.12. The first-order chi connectivity index (χ1) is 10.8. The molecule has 1 saturated carbocycles. The second-order valence-corrected chi connectivity index (χ2v) is 6.11. The van der Waals surface area contributed by atoms with Crippen LogP contribution in [0.25, 0.3) is 11.4 Å². The second-order valence-electron chi connectivity index (χ2n) is 6.11. The normalized spacial score (nSPS) is 21.3. The third-order valence-electron chi connectivity index (χ3n) is 4.63. The molecule has 0 amide bonds. The van der Waals surface area contributed by atoms with E-state index in [-0.39, 0.29) is 6.04 Å². The smallest absolute Gasteiger partial charge is 0.157 e. The first-order valence-corrected chi connectivity index (χ1v) is 8.13. The number of aryl methyl sites for hydroxylation is 1. The van der Waals surface area contributed by atoms with Crippen molar-refractivity contribution in [3.63, 3.8) is 0 Å². The van der Waals surface area contributed by atoms with Crippen molar-refractivity contribution in [3.8, 4) is 11.4 Å². The molecule has 0 radical (unpaired) electrons. The summed E-state index contributed by atoms with van der Waals surface area (Å²) in [6.07, 6.45) is 7.56. The molecule has 1 aliphatic carbocycles. The van der Waals surface area contributed by atoms with E-state index in [2.05, 4.69) is 16.5 Å². The van der Waals surface area contributed by atoms with E-state index >= 15 is 0 Å². The van der Waals surface area contributed by atoms with Crippen LogP contribution in [0.1, 0.15) is 43.8 Å². The number of hydrogen-bond acceptors (Lipinski definition) is 4. The Morgan fingerprint density at radius 3 is 3.00 bits per heavy atom. The molecule has 114 valence electrons. The highest BCUT2D eigenvalue weighted by molar-refractivity contribution is 5.83. The minimum Gasteiger partial charge on any atom is -0.384 e. The number of aromatic nitrogens is 3. The Kier molecular flexibility index (Phi) is 3.41. The Labute approximate surface area is 129 Å². The Morgan fingerprint density at radius 2 is 2.09 bits per heavy atom. The number of hydrogen-bond donors (Lipinski definition) is 1. The first-order valence-electron chi connectivity index (χ1n) is 8.13. The summed E-state index contributed by atoms with van der Waals surface area (Å²) in [4.78, 5) is 17.0. The molecule has 1 atom stereocenters. The predicted molar refractivity (Wildman–Crippen MR) is 84.8 cm³/mol. The molecule has 1 aliphatic heterocycles. The molecule has 4 rings (SSSR count). The minimum atomic E-state index is -0.116. The number of nitrogens with one attached hydrogen (secondary N) is 1. The average molecular weight is 296 g/mol. The summed E-state index contributed by atoms with van der Waals surface area (Å²) in [6, 6.07) is 5.97. The van der Waals surface area contributed by atoms with Gasteiger partial charge < -0.3 is 5.32 Å². The van der Waals surface area contributed by atoms with Gasteiger partial charge in [0.15, 0.2) is 5.78 Å². The Hall–Kier alpha value is -2.17. The van der Waals surface area contributed by atoms with E-state index in [0.29, 0.717) is 12.2 Å². The van der Waals surface area contributed by atoms with Crippen molar-refractivity contribution in [2.45, 2.75) is 44.6 Å². The molecule has 0 spiro atoms. The van der Waals surface area contributed by atoms with Gasteiger partial charge >= 0.3 is 0 Å². The van der Waals surface area contributed by atoms with Crippen molar-refractivity contribution < 1.29 is 4.79 Å². The van der Waals surface area contributed by atoms with Gasteiger partial charge in [0, 0.05) is 19.2 Å². The predicted octanol–water partition coefficient (Wildman–Crippen LogP) is 2.99. The van der Waals surface area contributed by atoms with Gasteiger partial charge in [-0.25, -0.2) is 4.98 Å². The maximum absolute atomic E-state index is 12.2. The summed E-state index contributed by atoms with van der Waals surface area (Å²) in [5, 5.41) is 7.80. The Balaban J connectivity index is 1.71. The van der Waals surface area contributed by atoms with Crippen molar-refractivity contribution in [1.82, 2.24) is 14.8 Å². The third kappa shape index (κ3) is 2.30. The topological polar surface area (TPSA) is 59.8 Å². The lowest BCUT2D eigenvalue weighted by molar-refractivity contribution is -0.124. The van der Waals surface area contributed by atoms with Gasteiger partial charge in [-0.15, -0.1) is 0 Å². The van der Waals surface area contributed by atoms with Crippen LogP contribution < -0.4 is 5.32 Å². The van der Waals surface area contributed by atoms with E-state index in [0.717, 1.165) is 61.4 Å². The van der Waals surface area contributed by atoms with Crippen LogP contribution in [0, 0.1) is 0 Å². The van der Waals surface area contributed by atoms with Crippen molar-refractivity contribution in [1.29, 1.82) is 0 Å². The fourth-order valence-corrected chi connectivity index (χ4v) is 3.46. The number of carbonyl (C=O) groups excluding carboxylic acids is 1. The molecule has 1 unspecified atom stereocenters. The van der Waals surface area contributed by atoms with Gasteiger partial charge in [0.25, 0.3) is 0 Å². The number of fused-ring (bicyclic) bond motifs is 1. The second kappa shape index (κ2) is 5.55. The molecule has 5 heteroatoms. The van der Waals surface area contributed by atoms with E-state index in [1.165, 1.54) is 0 Å². The molecule has 2 aromatic heterocycles. The maximum Gasteiger partial charge on any atom is 0.157 e. The van der Waals surface area contributed by atoms with E-state index in [1.807, 2.05) is 16.8 Å². The summed E-state index contributed by atoms with van der Waals surface area (Å²) < 4.78 is 1.88. The highest BCUT2D eigenvalue weighted by atomic mass is 16.1. The number of nitrogens with zero attached hydrogens (tertiary/aromatic N) is 3. The Bertz CT molecular complexity index is 706. The van der Waals surface area contributed by atoms with Crippen molar-refractivity contribution in [2.75, 3.05) is 11.9 Å². The lowest BCUT2D eigenvalue weighted by Crippen LogP contribution is -2.24. The molecule has 0 aromatic carbocycles. The molecule has 22 heavy (non-hydrogen) atoms. The minimum absolute atomic E-state index is 0.116. The number of ketones is 1. The number of pyridine rings is 1. The monoisotopic (exact) mass is 296 g/mol. The molecule has 1 fully saturated rings. The first kappa shape index (κ1) is 13.5. The van der Waals surface area contributed by atoms with E-state index < -0.39 is 0 Å². The zero-order valence-electron chi connectivity index (χ0n) is 12.6. The van der Waals surface area contributed by atoms with Gasteiger partial charge in [-0.2, -0.15) is 5.10 Å². The summed E-state index contributed by atoms with van der Waals surface area (Å²) in [5.74, 6) is 0.302. The maximum atomic E-state index is 12.2. The van der Waals surface area contributed by atoms with Crippen LogP contribution in [0.3, 0.4) is 0 Å². The SMILES string of the molecule is O=C1CCCCC1n1nccc1-c1ccc2c(n1)CCCN2. The molecule has 2 aromatic rings. The van der Waals surface area contributed by atoms with E-state index in [9.17, 15) is 4.79 Å². The van der Waals surface area contributed by atoms with Crippen LogP contribution in [0.4, 0.5) is 5.69 Å². The molecule has 0 saturated heterocycles. The van der Waals surface area contributed by atoms with Gasteiger partial charge in [-0.3, -0.25) is 9.48 Å². The molecular formula is C17H20N4O. The largest absolute Gasteiger partial charge is 0.384 e. The molecule has 1 N–H and O–H groups in total. The number of rotatable bonds is 2. The highest BCUT2D eigenvalue weighted by Crippen LogP contribution is 2.30. The Morgan fingerprint density at radius 1 is 1.14 bits per heavy atom. The van der Waals surface area contributed by atoms with Gasteiger partial charge in [-0.1, -0.05) is 6.42 Å². The number of Topliss-reactive ketones (excluding diaryl/α,β-unsaturated/α-hetero) is 1. The van der Waals surface area contributed by atoms with Crippen LogP contribution in [0.15, 0.2) is 24.4 Å². The van der Waals surface area contributed by atoms with E-state index in [1.54, 1.807) is 6.20 Å². The average Bonchev–Trinajstić information content (AvgIpc) is 3.04. The lowest BCUT2D eigenvalue weighted by atomic mass is 9.94. The van der Waals surface area contributed by atoms with Crippen LogP contribution in [-0.4, -0.2) is 27.1 Å².